The molecule has 2 N–H and O–H groups in total. The summed E-state index contributed by atoms with van der Waals surface area (Å²) in [7, 11) is -3.77. The Labute approximate surface area is 232 Å². The van der Waals surface area contributed by atoms with Crippen molar-refractivity contribution in [3.63, 3.8) is 0 Å². The van der Waals surface area contributed by atoms with Gasteiger partial charge in [0.25, 0.3) is 15.9 Å². The lowest BCUT2D eigenvalue weighted by Crippen LogP contribution is -2.15. The number of aromatic nitrogens is 1. The first kappa shape index (κ1) is 26.3. The highest BCUT2D eigenvalue weighted by molar-refractivity contribution is 7.92. The number of nitrogens with zero attached hydrogens (tertiary/aromatic N) is 1. The summed E-state index contributed by atoms with van der Waals surface area (Å²) < 4.78 is 27.9. The Morgan fingerprint density at radius 3 is 2.13 bits per heavy atom. The summed E-state index contributed by atoms with van der Waals surface area (Å²) >= 11 is 1.46. The van der Waals surface area contributed by atoms with Crippen LogP contribution in [0.2, 0.25) is 0 Å². The molecule has 0 fully saturated rings. The number of amides is 1. The number of anilines is 2. The predicted octanol–water partition coefficient (Wildman–Crippen LogP) is 7.48. The number of nitrogens with one attached hydrogen (secondary N) is 2. The summed E-state index contributed by atoms with van der Waals surface area (Å²) in [5.74, 6) is -0.362. The van der Waals surface area contributed by atoms with Crippen LogP contribution in [0.5, 0.6) is 0 Å². The maximum atomic E-state index is 13.1. The van der Waals surface area contributed by atoms with Crippen LogP contribution in [0.4, 0.5) is 10.8 Å². The van der Waals surface area contributed by atoms with Crippen LogP contribution in [0.3, 0.4) is 0 Å². The van der Waals surface area contributed by atoms with Crippen LogP contribution in [0.1, 0.15) is 28.6 Å². The zero-order chi connectivity index (χ0) is 27.2. The van der Waals surface area contributed by atoms with Crippen molar-refractivity contribution in [3.05, 3.63) is 120 Å². The van der Waals surface area contributed by atoms with E-state index in [2.05, 4.69) is 53.4 Å². The Bertz CT molecular complexity index is 1680. The summed E-state index contributed by atoms with van der Waals surface area (Å²) in [6.45, 7) is 2.11. The fraction of sp³-hybridized carbons (Fsp3) is 0.0968. The molecule has 5 rings (SSSR count). The van der Waals surface area contributed by atoms with Crippen molar-refractivity contribution >= 4 is 38.1 Å². The Hall–Kier alpha value is -4.27. The molecule has 0 aliphatic rings. The molecule has 0 aliphatic heterocycles. The molecule has 196 valence electrons. The smallest absolute Gasteiger partial charge is 0.261 e. The minimum atomic E-state index is -3.77. The van der Waals surface area contributed by atoms with Crippen molar-refractivity contribution in [2.24, 2.45) is 0 Å². The van der Waals surface area contributed by atoms with Gasteiger partial charge in [-0.15, -0.1) is 11.3 Å². The Kier molecular flexibility index (Phi) is 7.86. The lowest BCUT2D eigenvalue weighted by Gasteiger charge is -2.09. The van der Waals surface area contributed by atoms with Crippen LogP contribution in [-0.4, -0.2) is 19.3 Å². The average Bonchev–Trinajstić information content (AvgIpc) is 3.36. The Balaban J connectivity index is 1.34. The summed E-state index contributed by atoms with van der Waals surface area (Å²) in [4.78, 5) is 19.1. The number of hydrogen-bond donors (Lipinski definition) is 2. The van der Waals surface area contributed by atoms with E-state index in [0.29, 0.717) is 16.4 Å². The molecule has 5 aromatic rings. The minimum absolute atomic E-state index is 0.149. The fourth-order valence-corrected chi connectivity index (χ4v) is 6.34. The third kappa shape index (κ3) is 6.25. The molecule has 8 heteroatoms. The van der Waals surface area contributed by atoms with Crippen molar-refractivity contribution in [2.75, 3.05) is 10.0 Å². The molecule has 0 saturated heterocycles. The second-order valence-electron chi connectivity index (χ2n) is 8.94. The van der Waals surface area contributed by atoms with E-state index in [1.54, 1.807) is 36.4 Å². The maximum Gasteiger partial charge on any atom is 0.261 e. The van der Waals surface area contributed by atoms with Gasteiger partial charge >= 0.3 is 0 Å². The van der Waals surface area contributed by atoms with Gasteiger partial charge in [0.2, 0.25) is 0 Å². The van der Waals surface area contributed by atoms with Crippen molar-refractivity contribution in [1.29, 1.82) is 0 Å². The summed E-state index contributed by atoms with van der Waals surface area (Å²) in [6.07, 6.45) is 1.80. The molecular weight excluding hydrogens is 526 g/mol. The van der Waals surface area contributed by atoms with Crippen LogP contribution in [-0.2, 0) is 16.4 Å². The predicted molar refractivity (Wildman–Crippen MR) is 159 cm³/mol. The first-order valence-electron chi connectivity index (χ1n) is 12.6. The highest BCUT2D eigenvalue weighted by Crippen LogP contribution is 2.33. The van der Waals surface area contributed by atoms with Gasteiger partial charge in [0.05, 0.1) is 10.6 Å². The largest absolute Gasteiger partial charge is 0.298 e. The standard InChI is InChI=1S/C31H27N3O3S2/c1-2-10-28-29(24-19-17-23(18-20-24)22-11-5-3-6-12-22)32-31(38-28)33-30(35)25-13-9-14-26(21-25)34-39(36,37)27-15-7-4-8-16-27/h3-9,11-21,34H,2,10H2,1H3,(H,32,33,35). The number of benzene rings is 4. The van der Waals surface area contributed by atoms with Crippen LogP contribution < -0.4 is 10.0 Å². The molecule has 39 heavy (non-hydrogen) atoms. The van der Waals surface area contributed by atoms with Crippen LogP contribution in [0.25, 0.3) is 22.4 Å². The molecule has 0 aliphatic carbocycles. The van der Waals surface area contributed by atoms with Gasteiger partial charge in [-0.05, 0) is 47.9 Å². The highest BCUT2D eigenvalue weighted by atomic mass is 32.2. The normalized spacial score (nSPS) is 11.2. The summed E-state index contributed by atoms with van der Waals surface area (Å²) in [5, 5.41) is 3.40. The highest BCUT2D eigenvalue weighted by Gasteiger charge is 2.17. The topological polar surface area (TPSA) is 88.2 Å². The molecule has 0 spiro atoms. The first-order chi connectivity index (χ1) is 18.9. The third-order valence-corrected chi connectivity index (χ3v) is 8.52. The van der Waals surface area contributed by atoms with E-state index in [1.165, 1.54) is 29.5 Å². The first-order valence-corrected chi connectivity index (χ1v) is 14.9. The van der Waals surface area contributed by atoms with Gasteiger partial charge in [0.15, 0.2) is 5.13 Å². The second-order valence-corrected chi connectivity index (χ2v) is 11.7. The summed E-state index contributed by atoms with van der Waals surface area (Å²) in [5.41, 5.74) is 4.76. The quantitative estimate of drug-likeness (QED) is 0.198. The van der Waals surface area contributed by atoms with Gasteiger partial charge in [0, 0.05) is 21.7 Å². The van der Waals surface area contributed by atoms with E-state index >= 15 is 0 Å². The van der Waals surface area contributed by atoms with Crippen molar-refractivity contribution in [2.45, 2.75) is 24.7 Å². The third-order valence-electron chi connectivity index (χ3n) is 6.09. The molecule has 0 unspecified atom stereocenters. The van der Waals surface area contributed by atoms with E-state index in [4.69, 9.17) is 4.98 Å². The molecule has 0 atom stereocenters. The molecule has 1 amide bonds. The zero-order valence-electron chi connectivity index (χ0n) is 21.3. The van der Waals surface area contributed by atoms with Crippen LogP contribution in [0, 0.1) is 0 Å². The van der Waals surface area contributed by atoms with Gasteiger partial charge in [0.1, 0.15) is 0 Å². The molecule has 0 saturated carbocycles. The number of sulfonamides is 1. The van der Waals surface area contributed by atoms with E-state index in [1.807, 2.05) is 18.2 Å². The van der Waals surface area contributed by atoms with Crippen molar-refractivity contribution < 1.29 is 13.2 Å². The molecule has 0 bridgehead atoms. The van der Waals surface area contributed by atoms with E-state index in [0.717, 1.165) is 40.1 Å². The van der Waals surface area contributed by atoms with Gasteiger partial charge in [-0.3, -0.25) is 14.8 Å². The molecule has 1 heterocycles. The number of rotatable bonds is 9. The Morgan fingerprint density at radius 2 is 1.44 bits per heavy atom. The van der Waals surface area contributed by atoms with Crippen LogP contribution in [0.15, 0.2) is 114 Å². The minimum Gasteiger partial charge on any atom is -0.298 e. The lowest BCUT2D eigenvalue weighted by atomic mass is 10.0. The number of hydrogen-bond acceptors (Lipinski definition) is 5. The molecule has 4 aromatic carbocycles. The van der Waals surface area contributed by atoms with Crippen LogP contribution >= 0.6 is 11.3 Å². The Morgan fingerprint density at radius 1 is 0.795 bits per heavy atom. The number of carbonyl (C=O) groups is 1. The fourth-order valence-electron chi connectivity index (χ4n) is 4.19. The maximum absolute atomic E-state index is 13.1. The van der Waals surface area contributed by atoms with Gasteiger partial charge < -0.3 is 0 Å². The van der Waals surface area contributed by atoms with E-state index in [-0.39, 0.29) is 10.8 Å². The van der Waals surface area contributed by atoms with Gasteiger partial charge in [-0.1, -0.05) is 92.2 Å². The number of thiazole rings is 1. The van der Waals surface area contributed by atoms with Crippen molar-refractivity contribution in [1.82, 2.24) is 4.98 Å². The zero-order valence-corrected chi connectivity index (χ0v) is 22.9. The summed E-state index contributed by atoms with van der Waals surface area (Å²) in [6, 6.07) is 33.0. The second kappa shape index (κ2) is 11.6. The van der Waals surface area contributed by atoms with Gasteiger partial charge in [-0.2, -0.15) is 0 Å². The SMILES string of the molecule is CCCc1sc(NC(=O)c2cccc(NS(=O)(=O)c3ccccc3)c2)nc1-c1ccc(-c2ccccc2)cc1. The number of aryl methyl sites for hydroxylation is 1. The van der Waals surface area contributed by atoms with E-state index < -0.39 is 10.0 Å². The monoisotopic (exact) mass is 553 g/mol. The van der Waals surface area contributed by atoms with Gasteiger partial charge in [-0.25, -0.2) is 13.4 Å². The molecule has 6 nitrogen and oxygen atoms in total. The molecule has 1 aromatic heterocycles. The lowest BCUT2D eigenvalue weighted by molar-refractivity contribution is 0.102. The molecule has 0 radical (unpaired) electrons. The van der Waals surface area contributed by atoms with E-state index in [9.17, 15) is 13.2 Å². The average molecular weight is 554 g/mol. The molecular formula is C31H27N3O3S2. The van der Waals surface area contributed by atoms with Crippen molar-refractivity contribution in [3.8, 4) is 22.4 Å². The number of carbonyl (C=O) groups excluding carboxylic acids is 1.